The standard InChI is InChI=1S/C19H19F3N2O6/c20-19(21,22)30-12-7-5-11(6-8-12)23-15(25)10-29-16(26)9-24-17(27)13-3-1-2-4-14(13)18(24)28/h5-8,13-14H,1-4,9-10H2,(H,23,25). The van der Waals surface area contributed by atoms with Crippen molar-refractivity contribution in [1.82, 2.24) is 4.90 Å². The Morgan fingerprint density at radius 1 is 1.03 bits per heavy atom. The maximum atomic E-state index is 12.3. The molecule has 1 saturated carbocycles. The van der Waals surface area contributed by atoms with Crippen molar-refractivity contribution in [2.24, 2.45) is 11.8 Å². The van der Waals surface area contributed by atoms with E-state index in [2.05, 4.69) is 10.1 Å². The number of nitrogens with zero attached hydrogens (tertiary/aromatic N) is 1. The summed E-state index contributed by atoms with van der Waals surface area (Å²) in [7, 11) is 0. The van der Waals surface area contributed by atoms with Crippen molar-refractivity contribution in [3.8, 4) is 5.75 Å². The first-order chi connectivity index (χ1) is 14.1. The van der Waals surface area contributed by atoms with Crippen LogP contribution in [0.5, 0.6) is 5.75 Å². The molecular weight excluding hydrogens is 409 g/mol. The van der Waals surface area contributed by atoms with Crippen molar-refractivity contribution >= 4 is 29.4 Å². The Morgan fingerprint density at radius 2 is 1.60 bits per heavy atom. The maximum Gasteiger partial charge on any atom is 0.573 e. The summed E-state index contributed by atoms with van der Waals surface area (Å²) < 4.78 is 44.9. The molecule has 1 aromatic rings. The van der Waals surface area contributed by atoms with E-state index in [4.69, 9.17) is 4.74 Å². The first kappa shape index (κ1) is 21.6. The number of imide groups is 1. The third kappa shape index (κ3) is 5.28. The number of carbonyl (C=O) groups is 4. The van der Waals surface area contributed by atoms with E-state index in [1.165, 1.54) is 12.1 Å². The van der Waals surface area contributed by atoms with Crippen LogP contribution in [-0.2, 0) is 23.9 Å². The number of ether oxygens (including phenoxy) is 2. The zero-order chi connectivity index (χ0) is 21.9. The van der Waals surface area contributed by atoms with Gasteiger partial charge in [-0.15, -0.1) is 13.2 Å². The predicted octanol–water partition coefficient (Wildman–Crippen LogP) is 2.24. The Morgan fingerprint density at radius 3 is 2.13 bits per heavy atom. The van der Waals surface area contributed by atoms with Crippen molar-refractivity contribution in [3.63, 3.8) is 0 Å². The second-order valence-electron chi connectivity index (χ2n) is 7.04. The molecule has 2 aliphatic rings. The van der Waals surface area contributed by atoms with Crippen molar-refractivity contribution < 1.29 is 41.8 Å². The summed E-state index contributed by atoms with van der Waals surface area (Å²) in [5, 5.41) is 2.34. The molecule has 1 aliphatic carbocycles. The Bertz CT molecular complexity index is 816. The van der Waals surface area contributed by atoms with Crippen LogP contribution in [0.3, 0.4) is 0 Å². The van der Waals surface area contributed by atoms with Gasteiger partial charge in [-0.1, -0.05) is 12.8 Å². The van der Waals surface area contributed by atoms with E-state index in [0.717, 1.165) is 29.9 Å². The van der Waals surface area contributed by atoms with Gasteiger partial charge in [0, 0.05) is 5.69 Å². The quantitative estimate of drug-likeness (QED) is 0.551. The minimum Gasteiger partial charge on any atom is -0.454 e. The summed E-state index contributed by atoms with van der Waals surface area (Å²) >= 11 is 0. The Balaban J connectivity index is 1.45. The molecule has 2 unspecified atom stereocenters. The number of nitrogens with one attached hydrogen (secondary N) is 1. The summed E-state index contributed by atoms with van der Waals surface area (Å²) in [6.07, 6.45) is -1.86. The largest absolute Gasteiger partial charge is 0.573 e. The number of hydrogen-bond acceptors (Lipinski definition) is 6. The number of carbonyl (C=O) groups excluding carboxylic acids is 4. The first-order valence-electron chi connectivity index (χ1n) is 9.30. The molecular formula is C19H19F3N2O6. The van der Waals surface area contributed by atoms with Crippen LogP contribution in [0.2, 0.25) is 0 Å². The van der Waals surface area contributed by atoms with Crippen molar-refractivity contribution in [3.05, 3.63) is 24.3 Å². The van der Waals surface area contributed by atoms with Crippen LogP contribution in [0, 0.1) is 11.8 Å². The van der Waals surface area contributed by atoms with Gasteiger partial charge in [0.25, 0.3) is 5.91 Å². The highest BCUT2D eigenvalue weighted by Crippen LogP contribution is 2.37. The number of halogens is 3. The van der Waals surface area contributed by atoms with Crippen LogP contribution in [0.15, 0.2) is 24.3 Å². The molecule has 8 nitrogen and oxygen atoms in total. The number of esters is 1. The lowest BCUT2D eigenvalue weighted by molar-refractivity contribution is -0.274. The van der Waals surface area contributed by atoms with Crippen molar-refractivity contribution in [1.29, 1.82) is 0 Å². The highest BCUT2D eigenvalue weighted by molar-refractivity contribution is 6.07. The summed E-state index contributed by atoms with van der Waals surface area (Å²) in [4.78, 5) is 49.3. The number of hydrogen-bond donors (Lipinski definition) is 1. The second-order valence-corrected chi connectivity index (χ2v) is 7.04. The maximum absolute atomic E-state index is 12.3. The SMILES string of the molecule is O=C(COC(=O)CN1C(=O)C2CCCCC2C1=O)Nc1ccc(OC(F)(F)F)cc1. The van der Waals surface area contributed by atoms with E-state index >= 15 is 0 Å². The average Bonchev–Trinajstić information content (AvgIpc) is 2.92. The highest BCUT2D eigenvalue weighted by Gasteiger charge is 2.48. The number of likely N-dealkylation sites (tertiary alicyclic amines) is 1. The van der Waals surface area contributed by atoms with Crippen LogP contribution in [0.4, 0.5) is 18.9 Å². The Hall–Kier alpha value is -3.11. The molecule has 0 bridgehead atoms. The number of fused-ring (bicyclic) bond motifs is 1. The van der Waals surface area contributed by atoms with Crippen LogP contribution in [0.1, 0.15) is 25.7 Å². The molecule has 0 radical (unpaired) electrons. The van der Waals surface area contributed by atoms with Gasteiger partial charge in [0.05, 0.1) is 11.8 Å². The van der Waals surface area contributed by atoms with E-state index in [-0.39, 0.29) is 29.3 Å². The van der Waals surface area contributed by atoms with Gasteiger partial charge < -0.3 is 14.8 Å². The third-order valence-corrected chi connectivity index (χ3v) is 4.96. The highest BCUT2D eigenvalue weighted by atomic mass is 19.4. The smallest absolute Gasteiger partial charge is 0.454 e. The van der Waals surface area contributed by atoms with E-state index in [1.807, 2.05) is 0 Å². The minimum absolute atomic E-state index is 0.166. The van der Waals surface area contributed by atoms with E-state index in [1.54, 1.807) is 0 Å². The fraction of sp³-hybridized carbons (Fsp3) is 0.474. The number of amides is 3. The molecule has 1 heterocycles. The lowest BCUT2D eigenvalue weighted by Gasteiger charge is -2.19. The van der Waals surface area contributed by atoms with Gasteiger partial charge in [0.2, 0.25) is 11.8 Å². The monoisotopic (exact) mass is 428 g/mol. The first-order valence-corrected chi connectivity index (χ1v) is 9.30. The molecule has 1 saturated heterocycles. The number of benzene rings is 1. The fourth-order valence-electron chi connectivity index (χ4n) is 3.64. The van der Waals surface area contributed by atoms with Crippen molar-refractivity contribution in [2.75, 3.05) is 18.5 Å². The topological polar surface area (TPSA) is 102 Å². The molecule has 2 atom stereocenters. The van der Waals surface area contributed by atoms with E-state index in [0.29, 0.717) is 12.8 Å². The van der Waals surface area contributed by atoms with Gasteiger partial charge in [-0.3, -0.25) is 24.1 Å². The van der Waals surface area contributed by atoms with E-state index in [9.17, 15) is 32.3 Å². The van der Waals surface area contributed by atoms with Crippen LogP contribution < -0.4 is 10.1 Å². The molecule has 0 aromatic heterocycles. The van der Waals surface area contributed by atoms with Gasteiger partial charge in [0.1, 0.15) is 12.3 Å². The van der Waals surface area contributed by atoms with Gasteiger partial charge in [-0.05, 0) is 37.1 Å². The average molecular weight is 428 g/mol. The second kappa shape index (κ2) is 8.72. The zero-order valence-electron chi connectivity index (χ0n) is 15.7. The third-order valence-electron chi connectivity index (χ3n) is 4.96. The van der Waals surface area contributed by atoms with E-state index < -0.39 is 37.1 Å². The molecule has 1 N–H and O–H groups in total. The Kier molecular flexibility index (Phi) is 6.28. The van der Waals surface area contributed by atoms with Crippen molar-refractivity contribution in [2.45, 2.75) is 32.0 Å². The Labute approximate surface area is 169 Å². The lowest BCUT2D eigenvalue weighted by Crippen LogP contribution is -2.37. The fourth-order valence-corrected chi connectivity index (χ4v) is 3.64. The molecule has 11 heteroatoms. The minimum atomic E-state index is -4.82. The summed E-state index contributed by atoms with van der Waals surface area (Å²) in [6, 6.07) is 4.40. The van der Waals surface area contributed by atoms with Gasteiger partial charge in [0.15, 0.2) is 6.61 Å². The molecule has 1 aromatic carbocycles. The number of anilines is 1. The lowest BCUT2D eigenvalue weighted by atomic mass is 9.81. The number of alkyl halides is 3. The van der Waals surface area contributed by atoms with Gasteiger partial charge in [-0.2, -0.15) is 0 Å². The van der Waals surface area contributed by atoms with Crippen LogP contribution >= 0.6 is 0 Å². The van der Waals surface area contributed by atoms with Gasteiger partial charge in [-0.25, -0.2) is 0 Å². The normalized spacial score (nSPS) is 21.2. The summed E-state index contributed by atoms with van der Waals surface area (Å²) in [5.74, 6) is -3.62. The summed E-state index contributed by atoms with van der Waals surface area (Å²) in [6.45, 7) is -1.23. The van der Waals surface area contributed by atoms with Crippen LogP contribution in [-0.4, -0.2) is 48.1 Å². The molecule has 2 fully saturated rings. The molecule has 3 rings (SSSR count). The molecule has 1 aliphatic heterocycles. The molecule has 30 heavy (non-hydrogen) atoms. The molecule has 0 spiro atoms. The van der Waals surface area contributed by atoms with Gasteiger partial charge >= 0.3 is 12.3 Å². The molecule has 162 valence electrons. The summed E-state index contributed by atoms with van der Waals surface area (Å²) in [5.41, 5.74) is 0.166. The molecule has 3 amide bonds. The predicted molar refractivity (Wildman–Crippen MR) is 94.9 cm³/mol. The number of rotatable bonds is 6. The van der Waals surface area contributed by atoms with Crippen LogP contribution in [0.25, 0.3) is 0 Å². The zero-order valence-corrected chi connectivity index (χ0v) is 15.7.